The number of hydrogen-bond acceptors (Lipinski definition) is 3. The number of aromatic nitrogens is 2. The fourth-order valence-corrected chi connectivity index (χ4v) is 1.46. The maximum absolute atomic E-state index is 4.06. The highest BCUT2D eigenvalue weighted by Gasteiger charge is 2.00. The highest BCUT2D eigenvalue weighted by Crippen LogP contribution is 2.19. The molecule has 3 nitrogen and oxygen atoms in total. The van der Waals surface area contributed by atoms with E-state index in [-0.39, 0.29) is 0 Å². The summed E-state index contributed by atoms with van der Waals surface area (Å²) in [7, 11) is 0. The molecule has 0 saturated heterocycles. The van der Waals surface area contributed by atoms with Crippen molar-refractivity contribution in [2.45, 2.75) is 6.42 Å². The number of fused-ring (bicyclic) bond motifs is 1. The van der Waals surface area contributed by atoms with Crippen molar-refractivity contribution in [2.75, 3.05) is 11.9 Å². The van der Waals surface area contributed by atoms with Gasteiger partial charge in [-0.15, -0.1) is 6.58 Å². The van der Waals surface area contributed by atoms with Crippen molar-refractivity contribution >= 4 is 16.6 Å². The lowest BCUT2D eigenvalue weighted by Crippen LogP contribution is -2.01. The molecule has 3 heteroatoms. The van der Waals surface area contributed by atoms with Gasteiger partial charge in [-0.2, -0.15) is 10.2 Å². The molecule has 1 N–H and O–H groups in total. The molecule has 0 aliphatic heterocycles. The molecule has 0 aliphatic carbocycles. The zero-order valence-corrected chi connectivity index (χ0v) is 8.48. The molecule has 0 radical (unpaired) electrons. The van der Waals surface area contributed by atoms with Gasteiger partial charge in [0.15, 0.2) is 0 Å². The molecule has 0 unspecified atom stereocenters. The number of benzene rings is 1. The van der Waals surface area contributed by atoms with Crippen molar-refractivity contribution in [3.8, 4) is 0 Å². The van der Waals surface area contributed by atoms with Crippen LogP contribution in [0.15, 0.2) is 43.1 Å². The molecule has 0 fully saturated rings. The maximum Gasteiger partial charge on any atom is 0.0950 e. The zero-order chi connectivity index (χ0) is 10.5. The topological polar surface area (TPSA) is 37.8 Å². The van der Waals surface area contributed by atoms with Gasteiger partial charge in [-0.25, -0.2) is 0 Å². The fraction of sp³-hybridized carbons (Fsp3) is 0.167. The highest BCUT2D eigenvalue weighted by molar-refractivity contribution is 5.90. The van der Waals surface area contributed by atoms with Crippen LogP contribution in [0.5, 0.6) is 0 Å². The Hall–Kier alpha value is -1.90. The van der Waals surface area contributed by atoms with Gasteiger partial charge < -0.3 is 5.32 Å². The van der Waals surface area contributed by atoms with E-state index < -0.39 is 0 Å². The lowest BCUT2D eigenvalue weighted by Gasteiger charge is -2.06. The van der Waals surface area contributed by atoms with E-state index in [0.717, 1.165) is 29.6 Å². The predicted molar refractivity (Wildman–Crippen MR) is 62.8 cm³/mol. The van der Waals surface area contributed by atoms with Crippen molar-refractivity contribution in [3.05, 3.63) is 43.1 Å². The summed E-state index contributed by atoms with van der Waals surface area (Å²) in [6.45, 7) is 4.56. The predicted octanol–water partition coefficient (Wildman–Crippen LogP) is 2.62. The minimum atomic E-state index is 0.874. The molecule has 0 spiro atoms. The van der Waals surface area contributed by atoms with Crippen LogP contribution in [0, 0.1) is 0 Å². The van der Waals surface area contributed by atoms with E-state index in [0.29, 0.717) is 0 Å². The van der Waals surface area contributed by atoms with E-state index in [1.54, 1.807) is 6.20 Å². The van der Waals surface area contributed by atoms with E-state index in [1.165, 1.54) is 0 Å². The van der Waals surface area contributed by atoms with Gasteiger partial charge in [0.1, 0.15) is 0 Å². The summed E-state index contributed by atoms with van der Waals surface area (Å²) >= 11 is 0. The van der Waals surface area contributed by atoms with E-state index in [4.69, 9.17) is 0 Å². The van der Waals surface area contributed by atoms with Gasteiger partial charge in [0.2, 0.25) is 0 Å². The molecule has 2 rings (SSSR count). The molecule has 1 heterocycles. The van der Waals surface area contributed by atoms with Crippen LogP contribution in [0.1, 0.15) is 6.42 Å². The second kappa shape index (κ2) is 4.55. The third-order valence-corrected chi connectivity index (χ3v) is 2.21. The molecule has 1 aromatic carbocycles. The third kappa shape index (κ3) is 2.13. The van der Waals surface area contributed by atoms with Gasteiger partial charge in [-0.3, -0.25) is 0 Å². The Bertz CT molecular complexity index is 460. The second-order valence-corrected chi connectivity index (χ2v) is 3.28. The third-order valence-electron chi connectivity index (χ3n) is 2.21. The van der Waals surface area contributed by atoms with Crippen molar-refractivity contribution in [1.29, 1.82) is 0 Å². The van der Waals surface area contributed by atoms with Gasteiger partial charge in [0.05, 0.1) is 17.4 Å². The minimum Gasteiger partial charge on any atom is -0.383 e. The second-order valence-electron chi connectivity index (χ2n) is 3.28. The summed E-state index contributed by atoms with van der Waals surface area (Å²) in [4.78, 5) is 0. The highest BCUT2D eigenvalue weighted by atomic mass is 15.1. The van der Waals surface area contributed by atoms with Crippen LogP contribution in [-0.4, -0.2) is 16.7 Å². The first kappa shape index (κ1) is 9.65. The molecular formula is C12H13N3. The summed E-state index contributed by atoms with van der Waals surface area (Å²) in [6.07, 6.45) is 4.59. The number of nitrogens with one attached hydrogen (secondary N) is 1. The number of anilines is 1. The normalized spacial score (nSPS) is 10.1. The number of hydrogen-bond donors (Lipinski definition) is 1. The molecule has 0 amide bonds. The summed E-state index contributed by atoms with van der Waals surface area (Å²) < 4.78 is 0. The molecule has 1 aromatic heterocycles. The van der Waals surface area contributed by atoms with Crippen LogP contribution in [-0.2, 0) is 0 Å². The summed E-state index contributed by atoms with van der Waals surface area (Å²) in [5.41, 5.74) is 1.95. The molecule has 0 bridgehead atoms. The summed E-state index contributed by atoms with van der Waals surface area (Å²) in [6, 6.07) is 7.97. The smallest absolute Gasteiger partial charge is 0.0950 e. The minimum absolute atomic E-state index is 0.874. The van der Waals surface area contributed by atoms with Crippen molar-refractivity contribution in [3.63, 3.8) is 0 Å². The van der Waals surface area contributed by atoms with Crippen LogP contribution in [0.3, 0.4) is 0 Å². The van der Waals surface area contributed by atoms with Crippen LogP contribution in [0.2, 0.25) is 0 Å². The summed E-state index contributed by atoms with van der Waals surface area (Å²) in [5, 5.41) is 12.4. The van der Waals surface area contributed by atoms with Crippen molar-refractivity contribution in [2.24, 2.45) is 0 Å². The lowest BCUT2D eigenvalue weighted by molar-refractivity contribution is 1.04. The van der Waals surface area contributed by atoms with Gasteiger partial charge in [-0.05, 0) is 12.5 Å². The van der Waals surface area contributed by atoms with Crippen LogP contribution < -0.4 is 5.32 Å². The van der Waals surface area contributed by atoms with Gasteiger partial charge >= 0.3 is 0 Å². The van der Waals surface area contributed by atoms with E-state index >= 15 is 0 Å². The first-order valence-electron chi connectivity index (χ1n) is 4.97. The van der Waals surface area contributed by atoms with Gasteiger partial charge in [-0.1, -0.05) is 24.3 Å². The quantitative estimate of drug-likeness (QED) is 0.607. The molecule has 76 valence electrons. The van der Waals surface area contributed by atoms with E-state index in [2.05, 4.69) is 22.1 Å². The largest absolute Gasteiger partial charge is 0.383 e. The lowest BCUT2D eigenvalue weighted by atomic mass is 10.2. The molecular weight excluding hydrogens is 186 g/mol. The Kier molecular flexibility index (Phi) is 2.93. The number of rotatable bonds is 4. The van der Waals surface area contributed by atoms with Crippen LogP contribution in [0.25, 0.3) is 10.9 Å². The number of nitrogens with zero attached hydrogens (tertiary/aromatic N) is 2. The van der Waals surface area contributed by atoms with E-state index in [1.807, 2.05) is 30.3 Å². The van der Waals surface area contributed by atoms with Crippen LogP contribution >= 0.6 is 0 Å². The molecule has 0 saturated carbocycles. The van der Waals surface area contributed by atoms with Crippen molar-refractivity contribution in [1.82, 2.24) is 10.2 Å². The Balaban J connectivity index is 2.30. The monoisotopic (exact) mass is 199 g/mol. The van der Waals surface area contributed by atoms with Crippen LogP contribution in [0.4, 0.5) is 5.69 Å². The first-order valence-corrected chi connectivity index (χ1v) is 4.97. The van der Waals surface area contributed by atoms with Gasteiger partial charge in [0.25, 0.3) is 0 Å². The Morgan fingerprint density at radius 3 is 3.07 bits per heavy atom. The SMILES string of the molecule is C=CCCNc1cnnc2ccccc12. The zero-order valence-electron chi connectivity index (χ0n) is 8.48. The van der Waals surface area contributed by atoms with E-state index in [9.17, 15) is 0 Å². The Morgan fingerprint density at radius 1 is 1.33 bits per heavy atom. The first-order chi connectivity index (χ1) is 7.42. The average molecular weight is 199 g/mol. The molecule has 15 heavy (non-hydrogen) atoms. The maximum atomic E-state index is 4.06. The Labute approximate surface area is 88.8 Å². The molecule has 2 aromatic rings. The van der Waals surface area contributed by atoms with Gasteiger partial charge in [0, 0.05) is 11.9 Å². The molecule has 0 aliphatic rings. The summed E-state index contributed by atoms with van der Waals surface area (Å²) in [5.74, 6) is 0. The molecule has 0 atom stereocenters. The Morgan fingerprint density at radius 2 is 2.20 bits per heavy atom. The fourth-order valence-electron chi connectivity index (χ4n) is 1.46. The van der Waals surface area contributed by atoms with Crippen molar-refractivity contribution < 1.29 is 0 Å². The average Bonchev–Trinajstić information content (AvgIpc) is 2.30. The standard InChI is InChI=1S/C12H13N3/c1-2-3-8-13-12-9-14-15-11-7-5-4-6-10(11)12/h2,4-7,9H,1,3,8H2,(H,13,15).